The van der Waals surface area contributed by atoms with Crippen molar-refractivity contribution in [3.05, 3.63) is 30.1 Å². The van der Waals surface area contributed by atoms with Crippen LogP contribution < -0.4 is 15.1 Å². The second-order valence-electron chi connectivity index (χ2n) is 6.94. The Hall–Kier alpha value is -2.68. The van der Waals surface area contributed by atoms with E-state index in [0.29, 0.717) is 19.1 Å². The summed E-state index contributed by atoms with van der Waals surface area (Å²) in [6.07, 6.45) is 1.55. The van der Waals surface area contributed by atoms with Crippen molar-refractivity contribution in [2.45, 2.75) is 12.8 Å². The molecule has 28 heavy (non-hydrogen) atoms. The number of aromatic nitrogens is 3. The van der Waals surface area contributed by atoms with Crippen molar-refractivity contribution in [1.29, 1.82) is 0 Å². The number of nitrogens with one attached hydrogen (secondary N) is 1. The molecule has 1 saturated heterocycles. The van der Waals surface area contributed by atoms with Crippen molar-refractivity contribution in [1.82, 2.24) is 20.1 Å². The molecule has 0 saturated carbocycles. The van der Waals surface area contributed by atoms with Crippen LogP contribution in [0.4, 0.5) is 22.0 Å². The summed E-state index contributed by atoms with van der Waals surface area (Å²) >= 11 is 0. The van der Waals surface area contributed by atoms with Crippen molar-refractivity contribution in [2.24, 2.45) is 13.0 Å². The lowest BCUT2D eigenvalue weighted by Crippen LogP contribution is -2.42. The van der Waals surface area contributed by atoms with Crippen molar-refractivity contribution in [3.8, 4) is 0 Å². The first-order valence-electron chi connectivity index (χ1n) is 9.41. The SMILES string of the molecule is COCCNC(=O)C1CCN(c2nnc(N(C)c3ccc(F)cc3)n2C)CC1. The molecule has 0 bridgehead atoms. The van der Waals surface area contributed by atoms with Gasteiger partial charge >= 0.3 is 0 Å². The van der Waals surface area contributed by atoms with E-state index in [9.17, 15) is 9.18 Å². The average Bonchev–Trinajstić information content (AvgIpc) is 3.09. The fourth-order valence-electron chi connectivity index (χ4n) is 3.42. The molecule has 1 N–H and O–H groups in total. The summed E-state index contributed by atoms with van der Waals surface area (Å²) < 4.78 is 20.0. The van der Waals surface area contributed by atoms with Gasteiger partial charge < -0.3 is 19.9 Å². The van der Waals surface area contributed by atoms with Gasteiger partial charge in [0.25, 0.3) is 0 Å². The van der Waals surface area contributed by atoms with E-state index in [2.05, 4.69) is 20.4 Å². The number of nitrogens with zero attached hydrogens (tertiary/aromatic N) is 5. The monoisotopic (exact) mass is 390 g/mol. The minimum Gasteiger partial charge on any atom is -0.383 e. The van der Waals surface area contributed by atoms with E-state index in [1.165, 1.54) is 12.1 Å². The molecule has 0 unspecified atom stereocenters. The number of ether oxygens (including phenoxy) is 1. The van der Waals surface area contributed by atoms with Crippen LogP contribution in [-0.4, -0.2) is 61.1 Å². The number of hydrogen-bond donors (Lipinski definition) is 1. The van der Waals surface area contributed by atoms with Crippen LogP contribution in [0.25, 0.3) is 0 Å². The number of rotatable bonds is 7. The maximum atomic E-state index is 13.2. The van der Waals surface area contributed by atoms with Crippen LogP contribution in [0.5, 0.6) is 0 Å². The summed E-state index contributed by atoms with van der Waals surface area (Å²) in [4.78, 5) is 16.2. The van der Waals surface area contributed by atoms with Crippen molar-refractivity contribution in [2.75, 3.05) is 50.2 Å². The predicted octanol–water partition coefficient (Wildman–Crippen LogP) is 1.70. The fraction of sp³-hybridized carbons (Fsp3) is 0.526. The van der Waals surface area contributed by atoms with Crippen molar-refractivity contribution >= 4 is 23.5 Å². The molecule has 2 aromatic rings. The van der Waals surface area contributed by atoms with Gasteiger partial charge in [-0.1, -0.05) is 0 Å². The van der Waals surface area contributed by atoms with Gasteiger partial charge in [-0.25, -0.2) is 4.39 Å². The number of hydrogen-bond acceptors (Lipinski definition) is 6. The molecule has 2 heterocycles. The molecule has 8 nitrogen and oxygen atoms in total. The molecule has 1 aromatic carbocycles. The highest BCUT2D eigenvalue weighted by atomic mass is 19.1. The highest BCUT2D eigenvalue weighted by Gasteiger charge is 2.27. The number of amides is 1. The number of halogens is 1. The van der Waals surface area contributed by atoms with Gasteiger partial charge in [0.05, 0.1) is 6.61 Å². The quantitative estimate of drug-likeness (QED) is 0.726. The van der Waals surface area contributed by atoms with Gasteiger partial charge in [0.1, 0.15) is 5.82 Å². The maximum absolute atomic E-state index is 13.2. The zero-order chi connectivity index (χ0) is 20.1. The second-order valence-corrected chi connectivity index (χ2v) is 6.94. The van der Waals surface area contributed by atoms with Crippen molar-refractivity contribution < 1.29 is 13.9 Å². The lowest BCUT2D eigenvalue weighted by atomic mass is 9.96. The van der Waals surface area contributed by atoms with Crippen LogP contribution in [0.2, 0.25) is 0 Å². The molecule has 1 amide bonds. The average molecular weight is 390 g/mol. The van der Waals surface area contributed by atoms with Gasteiger partial charge in [0.15, 0.2) is 0 Å². The molecule has 0 spiro atoms. The number of anilines is 3. The Labute approximate surface area is 164 Å². The summed E-state index contributed by atoms with van der Waals surface area (Å²) in [6, 6.07) is 6.26. The van der Waals surface area contributed by atoms with Crippen LogP contribution in [0.3, 0.4) is 0 Å². The molecule has 9 heteroatoms. The molecular weight excluding hydrogens is 363 g/mol. The van der Waals surface area contributed by atoms with Crippen LogP contribution >= 0.6 is 0 Å². The summed E-state index contributed by atoms with van der Waals surface area (Å²) in [5, 5.41) is 11.6. The van der Waals surface area contributed by atoms with Crippen LogP contribution in [-0.2, 0) is 16.6 Å². The minimum absolute atomic E-state index is 0.0164. The Bertz CT molecular complexity index is 786. The van der Waals surface area contributed by atoms with E-state index in [4.69, 9.17) is 4.74 Å². The number of methoxy groups -OCH3 is 1. The first-order valence-corrected chi connectivity index (χ1v) is 9.41. The Morgan fingerprint density at radius 2 is 1.96 bits per heavy atom. The van der Waals surface area contributed by atoms with E-state index in [1.807, 2.05) is 23.6 Å². The normalized spacial score (nSPS) is 14.9. The number of benzene rings is 1. The Morgan fingerprint density at radius 1 is 1.29 bits per heavy atom. The lowest BCUT2D eigenvalue weighted by Gasteiger charge is -2.31. The van der Waals surface area contributed by atoms with Gasteiger partial charge in [-0.05, 0) is 37.1 Å². The number of carbonyl (C=O) groups excluding carboxylic acids is 1. The smallest absolute Gasteiger partial charge is 0.232 e. The highest BCUT2D eigenvalue weighted by molar-refractivity contribution is 5.78. The maximum Gasteiger partial charge on any atom is 0.232 e. The third kappa shape index (κ3) is 4.41. The number of carbonyl (C=O) groups is 1. The first kappa shape index (κ1) is 20.1. The first-order chi connectivity index (χ1) is 13.5. The van der Waals surface area contributed by atoms with Gasteiger partial charge in [-0.15, -0.1) is 10.2 Å². The van der Waals surface area contributed by atoms with E-state index < -0.39 is 0 Å². The van der Waals surface area contributed by atoms with Gasteiger partial charge in [-0.2, -0.15) is 0 Å². The van der Waals surface area contributed by atoms with Crippen LogP contribution in [0.1, 0.15) is 12.8 Å². The third-order valence-electron chi connectivity index (χ3n) is 5.10. The minimum atomic E-state index is -0.273. The second kappa shape index (κ2) is 9.01. The van der Waals surface area contributed by atoms with E-state index in [-0.39, 0.29) is 17.6 Å². The van der Waals surface area contributed by atoms with Gasteiger partial charge in [0, 0.05) is 52.4 Å². The Balaban J connectivity index is 1.61. The van der Waals surface area contributed by atoms with Crippen molar-refractivity contribution in [3.63, 3.8) is 0 Å². The topological polar surface area (TPSA) is 75.5 Å². The lowest BCUT2D eigenvalue weighted by molar-refractivity contribution is -0.125. The Morgan fingerprint density at radius 3 is 2.61 bits per heavy atom. The van der Waals surface area contributed by atoms with E-state index >= 15 is 0 Å². The van der Waals surface area contributed by atoms with Crippen LogP contribution in [0.15, 0.2) is 24.3 Å². The highest BCUT2D eigenvalue weighted by Crippen LogP contribution is 2.27. The molecule has 152 valence electrons. The molecular formula is C19H27FN6O2. The standard InChI is InChI=1S/C19H27FN6O2/c1-24(16-6-4-15(20)5-7-16)18-22-23-19(25(18)2)26-11-8-14(9-12-26)17(27)21-10-13-28-3/h4-7,14H,8-13H2,1-3H3,(H,21,27). The summed E-state index contributed by atoms with van der Waals surface area (Å²) in [5.41, 5.74) is 0.829. The summed E-state index contributed by atoms with van der Waals surface area (Å²) in [6.45, 7) is 2.55. The van der Waals surface area contributed by atoms with Gasteiger partial charge in [0.2, 0.25) is 17.8 Å². The summed E-state index contributed by atoms with van der Waals surface area (Å²) in [7, 11) is 5.40. The van der Waals surface area contributed by atoms with Crippen LogP contribution in [0, 0.1) is 11.7 Å². The number of piperidine rings is 1. The van der Waals surface area contributed by atoms with E-state index in [1.54, 1.807) is 19.2 Å². The fourth-order valence-corrected chi connectivity index (χ4v) is 3.42. The zero-order valence-electron chi connectivity index (χ0n) is 16.6. The largest absolute Gasteiger partial charge is 0.383 e. The Kier molecular flexibility index (Phi) is 6.45. The van der Waals surface area contributed by atoms with Gasteiger partial charge in [-0.3, -0.25) is 9.36 Å². The molecule has 1 aliphatic rings. The molecule has 3 rings (SSSR count). The molecule has 1 aromatic heterocycles. The molecule has 0 aliphatic carbocycles. The van der Waals surface area contributed by atoms with E-state index in [0.717, 1.165) is 37.6 Å². The third-order valence-corrected chi connectivity index (χ3v) is 5.10. The molecule has 1 fully saturated rings. The molecule has 0 atom stereocenters. The predicted molar refractivity (Wildman–Crippen MR) is 105 cm³/mol. The summed E-state index contributed by atoms with van der Waals surface area (Å²) in [5.74, 6) is 1.27. The zero-order valence-corrected chi connectivity index (χ0v) is 16.6. The molecule has 0 radical (unpaired) electrons. The molecule has 1 aliphatic heterocycles.